The Morgan fingerprint density at radius 2 is 1.53 bits per heavy atom. The molecule has 0 saturated carbocycles. The zero-order valence-corrected chi connectivity index (χ0v) is 21.9. The van der Waals surface area contributed by atoms with Gasteiger partial charge in [0, 0.05) is 6.16 Å². The number of carbonyl (C=O) groups is 3. The first-order valence-corrected chi connectivity index (χ1v) is 13.7. The number of hydrogen-bond acceptors (Lipinski definition) is 5. The van der Waals surface area contributed by atoms with E-state index in [1.54, 1.807) is 24.3 Å². The van der Waals surface area contributed by atoms with Crippen LogP contribution in [0.15, 0.2) is 54.6 Å². The molecule has 0 heterocycles. The molecular formula is C26H35N2O7P. The molecule has 2 rings (SSSR count). The number of hydrogen-bond donors (Lipinski definition) is 4. The van der Waals surface area contributed by atoms with Gasteiger partial charge in [-0.1, -0.05) is 68.4 Å². The zero-order chi connectivity index (χ0) is 26.9. The number of rotatable bonds is 12. The molecule has 2 amide bonds. The molecule has 0 aliphatic carbocycles. The third-order valence-electron chi connectivity index (χ3n) is 5.86. The number of ether oxygens (including phenoxy) is 1. The summed E-state index contributed by atoms with van der Waals surface area (Å²) in [5, 5.41) is 13.9. The number of carboxylic acid groups (broad SMARTS) is 1. The van der Waals surface area contributed by atoms with E-state index in [2.05, 4.69) is 24.5 Å². The fraction of sp³-hybridized carbons (Fsp3) is 0.423. The van der Waals surface area contributed by atoms with Gasteiger partial charge in [0.1, 0.15) is 18.4 Å². The molecule has 10 heteroatoms. The molecule has 0 fully saturated rings. The summed E-state index contributed by atoms with van der Waals surface area (Å²) < 4.78 is 18.3. The highest BCUT2D eigenvalue weighted by Crippen LogP contribution is 2.47. The highest BCUT2D eigenvalue weighted by Gasteiger charge is 2.35. The molecule has 4 atom stereocenters. The normalized spacial score (nSPS) is 15.3. The van der Waals surface area contributed by atoms with Crippen LogP contribution in [0.3, 0.4) is 0 Å². The molecule has 196 valence electrons. The summed E-state index contributed by atoms with van der Waals surface area (Å²) >= 11 is 0. The Morgan fingerprint density at radius 1 is 0.917 bits per heavy atom. The number of aliphatic carboxylic acids is 1. The Bertz CT molecular complexity index is 1070. The van der Waals surface area contributed by atoms with Gasteiger partial charge in [0.05, 0.1) is 5.92 Å². The van der Waals surface area contributed by atoms with E-state index in [1.807, 2.05) is 30.3 Å². The highest BCUT2D eigenvalue weighted by atomic mass is 31.2. The Kier molecular flexibility index (Phi) is 10.7. The molecule has 36 heavy (non-hydrogen) atoms. The largest absolute Gasteiger partial charge is 0.480 e. The average Bonchev–Trinajstić information content (AvgIpc) is 2.83. The van der Waals surface area contributed by atoms with Gasteiger partial charge < -0.3 is 25.4 Å². The summed E-state index contributed by atoms with van der Waals surface area (Å²) in [5.74, 6) is -3.72. The summed E-state index contributed by atoms with van der Waals surface area (Å²) in [6, 6.07) is 15.4. The summed E-state index contributed by atoms with van der Waals surface area (Å²) in [5.41, 5.74) is 2.64. The summed E-state index contributed by atoms with van der Waals surface area (Å²) in [4.78, 5) is 47.1. The van der Waals surface area contributed by atoms with Crippen molar-refractivity contribution in [3.8, 4) is 0 Å². The van der Waals surface area contributed by atoms with Gasteiger partial charge in [0.15, 0.2) is 0 Å². The van der Waals surface area contributed by atoms with Gasteiger partial charge in [0.25, 0.3) is 0 Å². The summed E-state index contributed by atoms with van der Waals surface area (Å²) in [6.07, 6.45) is -1.17. The average molecular weight is 519 g/mol. The van der Waals surface area contributed by atoms with E-state index in [1.165, 1.54) is 13.8 Å². The lowest BCUT2D eigenvalue weighted by Crippen LogP contribution is -2.44. The molecule has 0 radical (unpaired) electrons. The lowest BCUT2D eigenvalue weighted by Gasteiger charge is -2.25. The Labute approximate surface area is 211 Å². The molecule has 2 unspecified atom stereocenters. The Morgan fingerprint density at radius 3 is 2.08 bits per heavy atom. The number of amides is 2. The van der Waals surface area contributed by atoms with Crippen LogP contribution in [0.5, 0.6) is 0 Å². The van der Waals surface area contributed by atoms with Crippen LogP contribution in [0.2, 0.25) is 0 Å². The van der Waals surface area contributed by atoms with Gasteiger partial charge in [-0.05, 0) is 42.9 Å². The minimum absolute atomic E-state index is 0.000393. The van der Waals surface area contributed by atoms with Crippen molar-refractivity contribution in [1.29, 1.82) is 0 Å². The molecule has 4 N–H and O–H groups in total. The van der Waals surface area contributed by atoms with Crippen LogP contribution in [0.4, 0.5) is 4.79 Å². The van der Waals surface area contributed by atoms with Crippen molar-refractivity contribution in [3.63, 3.8) is 0 Å². The van der Waals surface area contributed by atoms with Crippen molar-refractivity contribution in [1.82, 2.24) is 10.6 Å². The fourth-order valence-corrected chi connectivity index (χ4v) is 5.02. The van der Waals surface area contributed by atoms with Gasteiger partial charge in [-0.3, -0.25) is 14.2 Å². The first-order valence-electron chi connectivity index (χ1n) is 11.8. The van der Waals surface area contributed by atoms with Crippen molar-refractivity contribution in [2.24, 2.45) is 5.92 Å². The van der Waals surface area contributed by atoms with Gasteiger partial charge in [-0.15, -0.1) is 0 Å². The smallest absolute Gasteiger partial charge is 0.408 e. The van der Waals surface area contributed by atoms with Crippen LogP contribution in [0.25, 0.3) is 0 Å². The van der Waals surface area contributed by atoms with E-state index in [9.17, 15) is 23.8 Å². The van der Waals surface area contributed by atoms with E-state index in [0.29, 0.717) is 5.92 Å². The third-order valence-corrected chi connectivity index (χ3v) is 8.16. The second-order valence-electron chi connectivity index (χ2n) is 9.19. The second kappa shape index (κ2) is 13.2. The molecule has 0 aromatic heterocycles. The first kappa shape index (κ1) is 29.1. The number of nitrogens with one attached hydrogen (secondary N) is 2. The summed E-state index contributed by atoms with van der Waals surface area (Å²) in [7, 11) is -4.09. The van der Waals surface area contributed by atoms with E-state index >= 15 is 0 Å². The molecule has 0 aliphatic rings. The maximum atomic E-state index is 13.2. The quantitative estimate of drug-likeness (QED) is 0.310. The van der Waals surface area contributed by atoms with Crippen LogP contribution in [-0.2, 0) is 31.9 Å². The molecule has 9 nitrogen and oxygen atoms in total. The van der Waals surface area contributed by atoms with Crippen molar-refractivity contribution in [2.75, 3.05) is 6.16 Å². The van der Waals surface area contributed by atoms with Gasteiger partial charge in [0.2, 0.25) is 13.3 Å². The molecule has 0 aliphatic heterocycles. The predicted molar refractivity (Wildman–Crippen MR) is 137 cm³/mol. The van der Waals surface area contributed by atoms with Crippen LogP contribution < -0.4 is 10.6 Å². The van der Waals surface area contributed by atoms with Crippen molar-refractivity contribution in [3.05, 3.63) is 71.3 Å². The topological polar surface area (TPSA) is 142 Å². The maximum Gasteiger partial charge on any atom is 0.408 e. The minimum Gasteiger partial charge on any atom is -0.480 e. The first-order chi connectivity index (χ1) is 16.9. The molecule has 2 aromatic carbocycles. The predicted octanol–water partition coefficient (Wildman–Crippen LogP) is 4.10. The van der Waals surface area contributed by atoms with Crippen molar-refractivity contribution in [2.45, 2.75) is 58.5 Å². The standard InChI is InChI=1S/C26H35N2O7P/c1-17(2)22-12-10-20(11-13-22)14-23(24(29)27-18(3)25(30)31)16-36(33,34)19(4)28-26(32)35-15-21-8-6-5-7-9-21/h5-13,17-19,23H,14-16H2,1-4H3,(H,27,29)(H,28,32)(H,30,31)(H,33,34)/t18-,19+,23?/m0/s1. The number of alkyl carbamates (subject to hydrolysis) is 1. The van der Waals surface area contributed by atoms with Crippen LogP contribution in [0, 0.1) is 5.92 Å². The summed E-state index contributed by atoms with van der Waals surface area (Å²) in [6.45, 7) is 6.80. The van der Waals surface area contributed by atoms with Crippen LogP contribution in [0.1, 0.15) is 50.3 Å². The van der Waals surface area contributed by atoms with Crippen LogP contribution >= 0.6 is 7.37 Å². The second-order valence-corrected chi connectivity index (χ2v) is 11.8. The fourth-order valence-electron chi connectivity index (χ4n) is 3.47. The molecular weight excluding hydrogens is 483 g/mol. The van der Waals surface area contributed by atoms with Crippen molar-refractivity contribution >= 4 is 25.3 Å². The number of carboxylic acids is 1. The molecule has 0 spiro atoms. The third kappa shape index (κ3) is 9.13. The van der Waals surface area contributed by atoms with E-state index < -0.39 is 49.2 Å². The molecule has 0 bridgehead atoms. The zero-order valence-electron chi connectivity index (χ0n) is 21.0. The maximum absolute atomic E-state index is 13.2. The Hall–Kier alpha value is -3.16. The lowest BCUT2D eigenvalue weighted by molar-refractivity contribution is -0.141. The van der Waals surface area contributed by atoms with E-state index in [-0.39, 0.29) is 13.0 Å². The van der Waals surface area contributed by atoms with Gasteiger partial charge in [-0.2, -0.15) is 0 Å². The SMILES string of the molecule is CC(C)c1ccc(CC(CP(=O)(O)[C@H](C)NC(=O)OCc2ccccc2)C(=O)N[C@@H](C)C(=O)O)cc1. The Balaban J connectivity index is 2.10. The van der Waals surface area contributed by atoms with Gasteiger partial charge in [-0.25, -0.2) is 4.79 Å². The lowest BCUT2D eigenvalue weighted by atomic mass is 9.96. The van der Waals surface area contributed by atoms with Crippen molar-refractivity contribution < 1.29 is 33.7 Å². The monoisotopic (exact) mass is 518 g/mol. The van der Waals surface area contributed by atoms with Crippen LogP contribution in [-0.4, -0.2) is 46.0 Å². The van der Waals surface area contributed by atoms with E-state index in [0.717, 1.165) is 16.7 Å². The highest BCUT2D eigenvalue weighted by molar-refractivity contribution is 7.58. The van der Waals surface area contributed by atoms with E-state index in [4.69, 9.17) is 9.84 Å². The number of carbonyl (C=O) groups excluding carboxylic acids is 2. The number of benzene rings is 2. The minimum atomic E-state index is -4.09. The molecule has 0 saturated heterocycles. The molecule has 2 aromatic rings. The van der Waals surface area contributed by atoms with Gasteiger partial charge >= 0.3 is 12.1 Å².